The molecule has 2 aromatic carbocycles. The number of nitrogens with zero attached hydrogens (tertiary/aromatic N) is 3. The van der Waals surface area contributed by atoms with E-state index in [2.05, 4.69) is 9.97 Å². The summed E-state index contributed by atoms with van der Waals surface area (Å²) in [6.45, 7) is 3.63. The Kier molecular flexibility index (Phi) is 5.53. The zero-order valence-corrected chi connectivity index (χ0v) is 18.6. The normalized spacial score (nSPS) is 14.7. The Hall–Kier alpha value is -3.39. The molecule has 0 spiro atoms. The molecule has 0 atom stereocenters. The fraction of sp³-hybridized carbons (Fsp3) is 0.292. The number of para-hydroxylation sites is 2. The van der Waals surface area contributed by atoms with E-state index in [1.165, 1.54) is 0 Å². The van der Waals surface area contributed by atoms with Crippen LogP contribution in [0.1, 0.15) is 39.9 Å². The number of ether oxygens (including phenoxy) is 1. The lowest BCUT2D eigenvalue weighted by Gasteiger charge is -2.32. The summed E-state index contributed by atoms with van der Waals surface area (Å²) in [6.07, 6.45) is 1.50. The number of likely N-dealkylation sites (tertiary alicyclic amines) is 1. The molecule has 1 fully saturated rings. The molecule has 1 saturated heterocycles. The number of carbonyl (C=O) groups is 1. The van der Waals surface area contributed by atoms with Gasteiger partial charge in [0, 0.05) is 30.1 Å². The quantitative estimate of drug-likeness (QED) is 0.497. The highest BCUT2D eigenvalue weighted by Crippen LogP contribution is 2.26. The summed E-state index contributed by atoms with van der Waals surface area (Å²) < 4.78 is 7.61. The molecular weight excluding hydrogens is 424 g/mol. The van der Waals surface area contributed by atoms with Crippen molar-refractivity contribution >= 4 is 28.3 Å². The first kappa shape index (κ1) is 20.5. The number of carbonyl (C=O) groups excluding carboxylic acids is 1. The topological polar surface area (TPSA) is 80.2 Å². The first-order valence-electron chi connectivity index (χ1n) is 10.7. The number of aromatic nitrogens is 3. The molecule has 32 heavy (non-hydrogen) atoms. The van der Waals surface area contributed by atoms with Crippen molar-refractivity contribution < 1.29 is 9.53 Å². The van der Waals surface area contributed by atoms with Crippen LogP contribution in [0.4, 0.5) is 0 Å². The molecule has 0 bridgehead atoms. The van der Waals surface area contributed by atoms with Crippen molar-refractivity contribution in [2.24, 2.45) is 0 Å². The molecule has 0 unspecified atom stereocenters. The minimum atomic E-state index is -0.0839. The summed E-state index contributed by atoms with van der Waals surface area (Å²) >= 11 is 1.60. The third-order valence-corrected chi connectivity index (χ3v) is 6.72. The van der Waals surface area contributed by atoms with E-state index >= 15 is 0 Å². The average Bonchev–Trinajstić information content (AvgIpc) is 3.39. The summed E-state index contributed by atoms with van der Waals surface area (Å²) in [5, 5.41) is 3.00. The Labute approximate surface area is 189 Å². The van der Waals surface area contributed by atoms with Crippen LogP contribution in [0.5, 0.6) is 5.75 Å². The molecule has 3 heterocycles. The maximum atomic E-state index is 13.0. The molecule has 4 aromatic rings. The number of fused-ring (bicyclic) bond motifs is 1. The maximum absolute atomic E-state index is 13.0. The van der Waals surface area contributed by atoms with Gasteiger partial charge in [0.1, 0.15) is 12.4 Å². The van der Waals surface area contributed by atoms with E-state index in [4.69, 9.17) is 4.74 Å². The summed E-state index contributed by atoms with van der Waals surface area (Å²) in [6, 6.07) is 15.1. The van der Waals surface area contributed by atoms with E-state index in [1.54, 1.807) is 23.5 Å². The van der Waals surface area contributed by atoms with Crippen LogP contribution in [0.2, 0.25) is 0 Å². The number of aryl methyl sites for hydroxylation is 1. The number of hydrogen-bond acceptors (Lipinski definition) is 5. The maximum Gasteiger partial charge on any atom is 0.326 e. The van der Waals surface area contributed by atoms with Gasteiger partial charge in [0.05, 0.1) is 21.7 Å². The first-order chi connectivity index (χ1) is 15.6. The molecule has 0 aliphatic carbocycles. The van der Waals surface area contributed by atoms with Crippen LogP contribution in [-0.4, -0.2) is 38.4 Å². The lowest BCUT2D eigenvalue weighted by Crippen LogP contribution is -2.40. The van der Waals surface area contributed by atoms with Gasteiger partial charge in [0.2, 0.25) is 0 Å². The van der Waals surface area contributed by atoms with Crippen LogP contribution in [0, 0.1) is 6.92 Å². The lowest BCUT2D eigenvalue weighted by molar-refractivity contribution is 0.0695. The number of aromatic amines is 1. The van der Waals surface area contributed by atoms with Crippen LogP contribution in [-0.2, 0) is 6.61 Å². The van der Waals surface area contributed by atoms with Gasteiger partial charge in [-0.05, 0) is 56.2 Å². The van der Waals surface area contributed by atoms with Gasteiger partial charge in [-0.15, -0.1) is 11.3 Å². The third-order valence-electron chi connectivity index (χ3n) is 5.90. The van der Waals surface area contributed by atoms with Crippen LogP contribution in [0.3, 0.4) is 0 Å². The fourth-order valence-electron chi connectivity index (χ4n) is 4.27. The zero-order chi connectivity index (χ0) is 22.1. The zero-order valence-electron chi connectivity index (χ0n) is 17.8. The van der Waals surface area contributed by atoms with Gasteiger partial charge >= 0.3 is 5.69 Å². The van der Waals surface area contributed by atoms with E-state index in [9.17, 15) is 9.59 Å². The van der Waals surface area contributed by atoms with Crippen molar-refractivity contribution in [3.8, 4) is 5.75 Å². The summed E-state index contributed by atoms with van der Waals surface area (Å²) in [4.78, 5) is 34.6. The van der Waals surface area contributed by atoms with Gasteiger partial charge in [-0.1, -0.05) is 12.1 Å². The van der Waals surface area contributed by atoms with Gasteiger partial charge in [-0.2, -0.15) is 0 Å². The monoisotopic (exact) mass is 448 g/mol. The molecule has 1 aliphatic rings. The molecule has 7 nitrogen and oxygen atoms in total. The SMILES string of the molecule is Cc1nc(COc2ccc(C(=O)N3CCC(n4c(=O)[nH]c5ccccc54)CC3)cc2)cs1. The lowest BCUT2D eigenvalue weighted by atomic mass is 10.0. The number of benzene rings is 2. The number of hydrogen-bond donors (Lipinski definition) is 1. The molecule has 164 valence electrons. The molecule has 2 aromatic heterocycles. The molecular formula is C24H24N4O3S. The van der Waals surface area contributed by atoms with Crippen LogP contribution >= 0.6 is 11.3 Å². The van der Waals surface area contributed by atoms with E-state index in [0.717, 1.165) is 34.6 Å². The van der Waals surface area contributed by atoms with Gasteiger partial charge in [0.25, 0.3) is 5.91 Å². The van der Waals surface area contributed by atoms with E-state index in [0.29, 0.717) is 31.0 Å². The van der Waals surface area contributed by atoms with Gasteiger partial charge in [-0.3, -0.25) is 9.36 Å². The van der Waals surface area contributed by atoms with Gasteiger partial charge < -0.3 is 14.6 Å². The Morgan fingerprint density at radius 2 is 1.91 bits per heavy atom. The van der Waals surface area contributed by atoms with Crippen molar-refractivity contribution in [3.63, 3.8) is 0 Å². The largest absolute Gasteiger partial charge is 0.487 e. The third kappa shape index (κ3) is 4.05. The smallest absolute Gasteiger partial charge is 0.326 e. The summed E-state index contributed by atoms with van der Waals surface area (Å²) in [5.74, 6) is 0.723. The molecule has 5 rings (SSSR count). The second kappa shape index (κ2) is 8.63. The highest BCUT2D eigenvalue weighted by molar-refractivity contribution is 7.09. The Balaban J connectivity index is 1.20. The van der Waals surface area contributed by atoms with Gasteiger partial charge in [-0.25, -0.2) is 9.78 Å². The second-order valence-corrected chi connectivity index (χ2v) is 9.07. The number of piperidine rings is 1. The number of imidazole rings is 1. The molecule has 1 aliphatic heterocycles. The van der Waals surface area contributed by atoms with Crippen LogP contribution < -0.4 is 10.4 Å². The average molecular weight is 449 g/mol. The second-order valence-electron chi connectivity index (χ2n) is 8.01. The van der Waals surface area contributed by atoms with Crippen molar-refractivity contribution in [2.45, 2.75) is 32.4 Å². The van der Waals surface area contributed by atoms with Crippen molar-refractivity contribution in [1.29, 1.82) is 0 Å². The number of thiazole rings is 1. The van der Waals surface area contributed by atoms with E-state index in [-0.39, 0.29) is 17.6 Å². The van der Waals surface area contributed by atoms with Gasteiger partial charge in [0.15, 0.2) is 0 Å². The fourth-order valence-corrected chi connectivity index (χ4v) is 4.87. The standard InChI is InChI=1S/C24H24N4O3S/c1-16-25-18(15-32-16)14-31-20-8-6-17(7-9-20)23(29)27-12-10-19(11-13-27)28-22-5-3-2-4-21(22)26-24(28)30/h2-9,15,19H,10-14H2,1H3,(H,26,30). The Morgan fingerprint density at radius 1 is 1.16 bits per heavy atom. The number of H-pyrrole nitrogens is 1. The number of amides is 1. The highest BCUT2D eigenvalue weighted by Gasteiger charge is 2.26. The molecule has 1 amide bonds. The summed E-state index contributed by atoms with van der Waals surface area (Å²) in [7, 11) is 0. The number of nitrogens with one attached hydrogen (secondary N) is 1. The highest BCUT2D eigenvalue weighted by atomic mass is 32.1. The van der Waals surface area contributed by atoms with E-state index < -0.39 is 0 Å². The first-order valence-corrected chi connectivity index (χ1v) is 11.6. The predicted molar refractivity (Wildman–Crippen MR) is 124 cm³/mol. The molecule has 0 radical (unpaired) electrons. The van der Waals surface area contributed by atoms with Crippen molar-refractivity contribution in [2.75, 3.05) is 13.1 Å². The minimum absolute atomic E-state index is 0.0106. The summed E-state index contributed by atoms with van der Waals surface area (Å²) in [5.41, 5.74) is 3.24. The van der Waals surface area contributed by atoms with Crippen molar-refractivity contribution in [3.05, 3.63) is 80.7 Å². The number of rotatable bonds is 5. The van der Waals surface area contributed by atoms with Crippen LogP contribution in [0.25, 0.3) is 11.0 Å². The Bertz CT molecular complexity index is 1300. The van der Waals surface area contributed by atoms with Crippen molar-refractivity contribution in [1.82, 2.24) is 19.4 Å². The molecule has 1 N–H and O–H groups in total. The predicted octanol–water partition coefficient (Wildman–Crippen LogP) is 4.15. The molecule has 8 heteroatoms. The van der Waals surface area contributed by atoms with Crippen LogP contribution in [0.15, 0.2) is 58.7 Å². The van der Waals surface area contributed by atoms with E-state index in [1.807, 2.05) is 58.2 Å². The minimum Gasteiger partial charge on any atom is -0.487 e. The Morgan fingerprint density at radius 3 is 2.62 bits per heavy atom. The molecule has 0 saturated carbocycles.